The van der Waals surface area contributed by atoms with Crippen LogP contribution in [0.5, 0.6) is 0 Å². The molecule has 0 spiro atoms. The third-order valence-corrected chi connectivity index (χ3v) is 5.62. The lowest BCUT2D eigenvalue weighted by atomic mass is 10.1. The first-order valence-corrected chi connectivity index (χ1v) is 11.8. The Morgan fingerprint density at radius 2 is 2.00 bits per heavy atom. The van der Waals surface area contributed by atoms with Crippen LogP contribution in [0.4, 0.5) is 23.7 Å². The van der Waals surface area contributed by atoms with Crippen molar-refractivity contribution in [2.45, 2.75) is 44.4 Å². The van der Waals surface area contributed by atoms with Gasteiger partial charge in [0.15, 0.2) is 0 Å². The summed E-state index contributed by atoms with van der Waals surface area (Å²) in [5.41, 5.74) is 5.73. The number of rotatable bonds is 11. The van der Waals surface area contributed by atoms with E-state index in [0.717, 1.165) is 13.2 Å². The number of amides is 3. The second kappa shape index (κ2) is 12.8. The van der Waals surface area contributed by atoms with E-state index in [1.54, 1.807) is 18.2 Å². The van der Waals surface area contributed by atoms with Crippen molar-refractivity contribution in [3.63, 3.8) is 0 Å². The van der Waals surface area contributed by atoms with Gasteiger partial charge in [-0.15, -0.1) is 0 Å². The number of alkyl halides is 3. The number of benzene rings is 1. The number of alkyl carbamates (subject to hydrolysis) is 1. The van der Waals surface area contributed by atoms with Crippen LogP contribution in [-0.4, -0.2) is 51.8 Å². The summed E-state index contributed by atoms with van der Waals surface area (Å²) in [6.45, 7) is -0.0440. The van der Waals surface area contributed by atoms with Gasteiger partial charge < -0.3 is 30.7 Å². The number of ether oxygens (including phenoxy) is 1. The van der Waals surface area contributed by atoms with Crippen molar-refractivity contribution in [2.24, 2.45) is 5.73 Å². The zero-order chi connectivity index (χ0) is 28.6. The normalized spacial score (nSPS) is 12.4. The number of methoxy groups -OCH3 is 1. The molecule has 5 N–H and O–H groups in total. The van der Waals surface area contributed by atoms with E-state index in [0.29, 0.717) is 22.4 Å². The van der Waals surface area contributed by atoms with Crippen molar-refractivity contribution in [2.75, 3.05) is 12.4 Å². The molecule has 0 saturated heterocycles. The molecule has 0 aliphatic rings. The van der Waals surface area contributed by atoms with Crippen LogP contribution in [0, 0.1) is 0 Å². The van der Waals surface area contributed by atoms with E-state index < -0.39 is 42.1 Å². The van der Waals surface area contributed by atoms with Gasteiger partial charge in [-0.25, -0.2) is 9.78 Å². The number of nitrogens with zero attached hydrogens (tertiary/aromatic N) is 2. The topological polar surface area (TPSA) is 161 Å². The number of anilines is 1. The third-order valence-electron chi connectivity index (χ3n) is 5.62. The summed E-state index contributed by atoms with van der Waals surface area (Å²) in [6.07, 6.45) is -2.03. The number of para-hydroxylation sites is 1. The molecule has 0 bridgehead atoms. The quantitative estimate of drug-likeness (QED) is 0.270. The number of primary amides is 1. The highest BCUT2D eigenvalue weighted by molar-refractivity contribution is 5.96. The number of aromatic amines is 1. The Balaban J connectivity index is 1.77. The molecule has 1 aromatic carbocycles. The average molecular weight is 549 g/mol. The fourth-order valence-corrected chi connectivity index (χ4v) is 3.77. The van der Waals surface area contributed by atoms with Crippen molar-refractivity contribution in [3.05, 3.63) is 70.4 Å². The fraction of sp³-hybridized carbons (Fsp3) is 0.320. The van der Waals surface area contributed by atoms with Crippen LogP contribution in [0.2, 0.25) is 0 Å². The Hall–Kier alpha value is -4.62. The molecule has 3 amide bonds. The smallest absolute Gasteiger partial charge is 0.407 e. The molecule has 0 saturated carbocycles. The summed E-state index contributed by atoms with van der Waals surface area (Å²) >= 11 is 0. The molecule has 2 aromatic heterocycles. The first-order chi connectivity index (χ1) is 18.5. The van der Waals surface area contributed by atoms with E-state index in [2.05, 4.69) is 25.3 Å². The number of imidazole rings is 1. The number of aryl methyl sites for hydroxylation is 1. The molecule has 3 aromatic rings. The second-order valence-corrected chi connectivity index (χ2v) is 8.53. The highest BCUT2D eigenvalue weighted by Crippen LogP contribution is 2.25. The first-order valence-electron chi connectivity index (χ1n) is 11.8. The Morgan fingerprint density at radius 3 is 2.69 bits per heavy atom. The molecule has 0 aliphatic carbocycles. The molecule has 0 radical (unpaired) electrons. The van der Waals surface area contributed by atoms with E-state index in [4.69, 9.17) is 5.73 Å². The number of hydrogen-bond donors (Lipinski definition) is 4. The summed E-state index contributed by atoms with van der Waals surface area (Å²) in [5.74, 6) is -1.02. The minimum absolute atomic E-state index is 0.0440. The Morgan fingerprint density at radius 1 is 1.23 bits per heavy atom. The summed E-state index contributed by atoms with van der Waals surface area (Å²) in [7, 11) is 1.13. The largest absolute Gasteiger partial charge is 0.453 e. The fourth-order valence-electron chi connectivity index (χ4n) is 3.77. The molecule has 208 valence electrons. The Labute approximate surface area is 220 Å². The molecule has 39 heavy (non-hydrogen) atoms. The second-order valence-electron chi connectivity index (χ2n) is 8.53. The molecule has 3 rings (SSSR count). The standard InChI is InChI=1S/C25H27F3N6O5/c1-39-24(38)32-17(7-2-3-10-19(29)35)22(36)31-18-9-5-13-34(23(18)37)14-20-30-16-8-4-6-15(21(16)33-20)11-12-25(26,27)28/h3-6,8-10,13,17H,2,7,11-12,14H2,1H3,(H2,29,35)(H,30,33)(H,31,36)(H,32,38)/b10-3+. The van der Waals surface area contributed by atoms with Crippen LogP contribution >= 0.6 is 0 Å². The van der Waals surface area contributed by atoms with Gasteiger partial charge in [0.25, 0.3) is 5.56 Å². The number of halogens is 3. The summed E-state index contributed by atoms with van der Waals surface area (Å²) < 4.78 is 43.9. The predicted molar refractivity (Wildman–Crippen MR) is 136 cm³/mol. The van der Waals surface area contributed by atoms with Crippen LogP contribution < -0.4 is 21.9 Å². The number of fused-ring (bicyclic) bond motifs is 1. The maximum Gasteiger partial charge on any atom is 0.407 e. The molecule has 2 heterocycles. The summed E-state index contributed by atoms with van der Waals surface area (Å²) in [4.78, 5) is 55.9. The van der Waals surface area contributed by atoms with Crippen LogP contribution in [0.1, 0.15) is 30.7 Å². The van der Waals surface area contributed by atoms with Crippen molar-refractivity contribution in [1.82, 2.24) is 19.9 Å². The Kier molecular flexibility index (Phi) is 9.47. The van der Waals surface area contributed by atoms with Crippen molar-refractivity contribution < 1.29 is 32.3 Å². The zero-order valence-electron chi connectivity index (χ0n) is 20.9. The lowest BCUT2D eigenvalue weighted by Crippen LogP contribution is -2.44. The Bertz CT molecular complexity index is 1430. The molecule has 11 nitrogen and oxygen atoms in total. The lowest BCUT2D eigenvalue weighted by molar-refractivity contribution is -0.134. The van der Waals surface area contributed by atoms with Gasteiger partial charge in [-0.05, 0) is 49.1 Å². The summed E-state index contributed by atoms with van der Waals surface area (Å²) in [5, 5.41) is 4.86. The summed E-state index contributed by atoms with van der Waals surface area (Å²) in [6, 6.07) is 6.69. The SMILES string of the molecule is COC(=O)NC(CC/C=C/C(N)=O)C(=O)Nc1cccn(Cc2nc3c(CCC(F)(F)F)cccc3[nH]2)c1=O. The van der Waals surface area contributed by atoms with Gasteiger partial charge in [0.2, 0.25) is 11.8 Å². The van der Waals surface area contributed by atoms with Gasteiger partial charge in [0, 0.05) is 12.6 Å². The van der Waals surface area contributed by atoms with Gasteiger partial charge in [-0.1, -0.05) is 18.2 Å². The van der Waals surface area contributed by atoms with Crippen LogP contribution in [-0.2, 0) is 27.3 Å². The number of carbonyl (C=O) groups is 3. The number of hydrogen-bond acceptors (Lipinski definition) is 6. The maximum absolute atomic E-state index is 13.0. The number of H-pyrrole nitrogens is 1. The van der Waals surface area contributed by atoms with Crippen LogP contribution in [0.15, 0.2) is 53.5 Å². The van der Waals surface area contributed by atoms with Gasteiger partial charge in [-0.2, -0.15) is 13.2 Å². The minimum Gasteiger partial charge on any atom is -0.453 e. The molecule has 1 unspecified atom stereocenters. The zero-order valence-corrected chi connectivity index (χ0v) is 20.9. The monoisotopic (exact) mass is 548 g/mol. The van der Waals surface area contributed by atoms with E-state index in [1.165, 1.54) is 29.0 Å². The molecule has 0 aliphatic heterocycles. The van der Waals surface area contributed by atoms with E-state index >= 15 is 0 Å². The number of nitrogens with one attached hydrogen (secondary N) is 3. The van der Waals surface area contributed by atoms with Gasteiger partial charge in [-0.3, -0.25) is 14.4 Å². The maximum atomic E-state index is 13.0. The van der Waals surface area contributed by atoms with Gasteiger partial charge in [0.1, 0.15) is 17.6 Å². The van der Waals surface area contributed by atoms with Crippen molar-refractivity contribution in [1.29, 1.82) is 0 Å². The van der Waals surface area contributed by atoms with Crippen LogP contribution in [0.3, 0.4) is 0 Å². The number of aromatic nitrogens is 3. The molecule has 14 heteroatoms. The van der Waals surface area contributed by atoms with Gasteiger partial charge in [0.05, 0.1) is 24.7 Å². The third kappa shape index (κ3) is 8.45. The van der Waals surface area contributed by atoms with Gasteiger partial charge >= 0.3 is 12.3 Å². The van der Waals surface area contributed by atoms with Crippen molar-refractivity contribution >= 4 is 34.6 Å². The van der Waals surface area contributed by atoms with E-state index in [-0.39, 0.29) is 31.5 Å². The predicted octanol–water partition coefficient (Wildman–Crippen LogP) is 2.75. The number of allylic oxidation sites excluding steroid dienone is 1. The molecule has 1 atom stereocenters. The van der Waals surface area contributed by atoms with Crippen LogP contribution in [0.25, 0.3) is 11.0 Å². The number of nitrogens with two attached hydrogens (primary N) is 1. The molecule has 0 fully saturated rings. The number of pyridine rings is 1. The molecular formula is C25H27F3N6O5. The minimum atomic E-state index is -4.30. The highest BCUT2D eigenvalue weighted by atomic mass is 19.4. The van der Waals surface area contributed by atoms with E-state index in [1.807, 2.05) is 0 Å². The number of carbonyl (C=O) groups excluding carboxylic acids is 3. The lowest BCUT2D eigenvalue weighted by Gasteiger charge is -2.17. The van der Waals surface area contributed by atoms with Crippen molar-refractivity contribution in [3.8, 4) is 0 Å². The highest BCUT2D eigenvalue weighted by Gasteiger charge is 2.27. The van der Waals surface area contributed by atoms with E-state index in [9.17, 15) is 32.3 Å². The first kappa shape index (κ1) is 28.9. The average Bonchev–Trinajstić information content (AvgIpc) is 3.29. The molecular weight excluding hydrogens is 521 g/mol.